The Morgan fingerprint density at radius 1 is 0.400 bits per heavy atom. The molecule has 256 valence electrons. The van der Waals surface area contributed by atoms with Gasteiger partial charge in [-0.3, -0.25) is 0 Å². The van der Waals surface area contributed by atoms with Crippen LogP contribution in [-0.4, -0.2) is 9.13 Å². The summed E-state index contributed by atoms with van der Waals surface area (Å²) in [6, 6.07) is 57.9. The predicted molar refractivity (Wildman–Crippen MR) is 225 cm³/mol. The van der Waals surface area contributed by atoms with E-state index in [2.05, 4.69) is 168 Å². The standard InChI is InChI=1S/C50H29N3O2/c1-29-10-16-45-37(22-29)38-23-30(28-51)11-17-46(38)53(45)34-15-21-50-42(27-34)40-25-32(13-19-48(40)55-50)31-12-18-47-39(24-31)41-26-33(14-20-49(41)54-47)52-43-8-4-2-6-35(43)36-7-3-5-9-44(36)52/h2-27H,1H3. The van der Waals surface area contributed by atoms with Crippen molar-refractivity contribution in [1.82, 2.24) is 9.13 Å². The van der Waals surface area contributed by atoms with E-state index in [0.717, 1.165) is 88.2 Å². The predicted octanol–water partition coefficient (Wildman–Crippen LogP) is 13.5. The second-order valence-corrected chi connectivity index (χ2v) is 14.6. The van der Waals surface area contributed by atoms with Crippen LogP contribution in [0, 0.1) is 18.3 Å². The number of benzene rings is 8. The van der Waals surface area contributed by atoms with E-state index >= 15 is 0 Å². The molecule has 0 N–H and O–H groups in total. The first-order chi connectivity index (χ1) is 27.1. The summed E-state index contributed by atoms with van der Waals surface area (Å²) in [6.07, 6.45) is 0. The van der Waals surface area contributed by atoms with Crippen LogP contribution in [0.3, 0.4) is 0 Å². The Morgan fingerprint density at radius 2 is 0.855 bits per heavy atom. The van der Waals surface area contributed by atoms with E-state index in [1.807, 2.05) is 12.1 Å². The van der Waals surface area contributed by atoms with Crippen molar-refractivity contribution in [2.75, 3.05) is 0 Å². The van der Waals surface area contributed by atoms with Gasteiger partial charge < -0.3 is 18.0 Å². The van der Waals surface area contributed by atoms with Gasteiger partial charge in [-0.2, -0.15) is 5.26 Å². The molecule has 5 heteroatoms. The number of furan rings is 2. The second-order valence-electron chi connectivity index (χ2n) is 14.6. The van der Waals surface area contributed by atoms with Crippen LogP contribution in [-0.2, 0) is 0 Å². The van der Waals surface area contributed by atoms with E-state index in [-0.39, 0.29) is 0 Å². The zero-order chi connectivity index (χ0) is 36.4. The minimum atomic E-state index is 0.655. The van der Waals surface area contributed by atoms with Crippen LogP contribution < -0.4 is 0 Å². The molecule has 8 aromatic carbocycles. The lowest BCUT2D eigenvalue weighted by Gasteiger charge is -2.08. The summed E-state index contributed by atoms with van der Waals surface area (Å²) < 4.78 is 17.4. The molecule has 0 fully saturated rings. The molecule has 0 aliphatic heterocycles. The van der Waals surface area contributed by atoms with Gasteiger partial charge in [-0.15, -0.1) is 0 Å². The van der Waals surface area contributed by atoms with Crippen LogP contribution in [0.15, 0.2) is 167 Å². The number of nitrogens with zero attached hydrogens (tertiary/aromatic N) is 3. The molecule has 0 saturated carbocycles. The second kappa shape index (κ2) is 11.0. The Hall–Kier alpha value is -7.55. The summed E-state index contributed by atoms with van der Waals surface area (Å²) in [5.41, 5.74) is 14.1. The maximum atomic E-state index is 9.67. The lowest BCUT2D eigenvalue weighted by molar-refractivity contribution is 0.668. The van der Waals surface area contributed by atoms with Crippen LogP contribution in [0.1, 0.15) is 11.1 Å². The molecule has 0 amide bonds. The minimum absolute atomic E-state index is 0.655. The van der Waals surface area contributed by atoms with Crippen molar-refractivity contribution < 1.29 is 8.83 Å². The van der Waals surface area contributed by atoms with E-state index in [0.29, 0.717) is 5.56 Å². The minimum Gasteiger partial charge on any atom is -0.456 e. The Bertz CT molecular complexity index is 3590. The van der Waals surface area contributed by atoms with Crippen molar-refractivity contribution in [3.63, 3.8) is 0 Å². The average Bonchev–Trinajstić information content (AvgIpc) is 3.97. The highest BCUT2D eigenvalue weighted by Crippen LogP contribution is 2.40. The SMILES string of the molecule is Cc1ccc2c(c1)c1cc(C#N)ccc1n2-c1ccc2oc3ccc(-c4ccc5oc6ccc(-n7c8ccccc8c8ccccc87)cc6c5c4)cc3c2c1. The molecule has 4 heterocycles. The molecule has 0 aliphatic carbocycles. The van der Waals surface area contributed by atoms with Gasteiger partial charge in [-0.05, 0) is 121 Å². The average molecular weight is 704 g/mol. The van der Waals surface area contributed by atoms with Gasteiger partial charge >= 0.3 is 0 Å². The molecule has 0 bridgehead atoms. The number of rotatable bonds is 3. The molecule has 0 saturated heterocycles. The van der Waals surface area contributed by atoms with Gasteiger partial charge in [0.05, 0.1) is 33.7 Å². The van der Waals surface area contributed by atoms with Crippen LogP contribution in [0.2, 0.25) is 0 Å². The molecular weight excluding hydrogens is 675 g/mol. The van der Waals surface area contributed by atoms with Crippen LogP contribution in [0.4, 0.5) is 0 Å². The van der Waals surface area contributed by atoms with E-state index < -0.39 is 0 Å². The molecule has 12 aromatic rings. The van der Waals surface area contributed by atoms with Gasteiger partial charge in [0.1, 0.15) is 22.3 Å². The van der Waals surface area contributed by atoms with E-state index in [1.54, 1.807) is 0 Å². The first kappa shape index (κ1) is 30.0. The Balaban J connectivity index is 1.01. The summed E-state index contributed by atoms with van der Waals surface area (Å²) in [7, 11) is 0. The Kier molecular flexibility index (Phi) is 5.99. The fourth-order valence-electron chi connectivity index (χ4n) is 8.85. The van der Waals surface area contributed by atoms with E-state index in [4.69, 9.17) is 8.83 Å². The number of nitriles is 1. The van der Waals surface area contributed by atoms with Crippen LogP contribution in [0.25, 0.3) is 110 Å². The Labute approximate surface area is 314 Å². The molecule has 0 unspecified atom stereocenters. The van der Waals surface area contributed by atoms with E-state index in [9.17, 15) is 5.26 Å². The fraction of sp³-hybridized carbons (Fsp3) is 0.0200. The van der Waals surface area contributed by atoms with Crippen molar-refractivity contribution in [3.8, 4) is 28.6 Å². The molecule has 0 atom stereocenters. The third kappa shape index (κ3) is 4.28. The number of aromatic nitrogens is 2. The van der Waals surface area contributed by atoms with Gasteiger partial charge in [0.2, 0.25) is 0 Å². The van der Waals surface area contributed by atoms with Crippen molar-refractivity contribution in [2.45, 2.75) is 6.92 Å². The number of hydrogen-bond acceptors (Lipinski definition) is 3. The maximum Gasteiger partial charge on any atom is 0.135 e. The normalized spacial score (nSPS) is 12.1. The zero-order valence-electron chi connectivity index (χ0n) is 29.7. The molecule has 12 rings (SSSR count). The van der Waals surface area contributed by atoms with Crippen LogP contribution in [0.5, 0.6) is 0 Å². The van der Waals surface area contributed by atoms with Gasteiger partial charge in [0.25, 0.3) is 0 Å². The third-order valence-corrected chi connectivity index (χ3v) is 11.4. The Morgan fingerprint density at radius 3 is 1.40 bits per heavy atom. The zero-order valence-corrected chi connectivity index (χ0v) is 29.7. The highest BCUT2D eigenvalue weighted by Gasteiger charge is 2.18. The molecule has 0 spiro atoms. The summed E-state index contributed by atoms with van der Waals surface area (Å²) in [6.45, 7) is 2.11. The monoisotopic (exact) mass is 703 g/mol. The summed E-state index contributed by atoms with van der Waals surface area (Å²) in [5, 5.41) is 18.6. The first-order valence-corrected chi connectivity index (χ1v) is 18.5. The highest BCUT2D eigenvalue weighted by atomic mass is 16.3. The molecule has 0 aliphatic rings. The molecular formula is C50H29N3O2. The lowest BCUT2D eigenvalue weighted by atomic mass is 10.0. The highest BCUT2D eigenvalue weighted by molar-refractivity contribution is 6.13. The lowest BCUT2D eigenvalue weighted by Crippen LogP contribution is -1.93. The van der Waals surface area contributed by atoms with E-state index in [1.165, 1.54) is 27.4 Å². The molecule has 0 radical (unpaired) electrons. The van der Waals surface area contributed by atoms with Gasteiger partial charge in [0, 0.05) is 54.5 Å². The van der Waals surface area contributed by atoms with Crippen molar-refractivity contribution >= 4 is 87.5 Å². The van der Waals surface area contributed by atoms with Crippen molar-refractivity contribution in [3.05, 3.63) is 169 Å². The quantitative estimate of drug-likeness (QED) is 0.184. The summed E-state index contributed by atoms with van der Waals surface area (Å²) in [4.78, 5) is 0. The largest absolute Gasteiger partial charge is 0.456 e. The van der Waals surface area contributed by atoms with Crippen molar-refractivity contribution in [2.24, 2.45) is 0 Å². The summed E-state index contributed by atoms with van der Waals surface area (Å²) >= 11 is 0. The molecule has 4 aromatic heterocycles. The molecule has 5 nitrogen and oxygen atoms in total. The van der Waals surface area contributed by atoms with Gasteiger partial charge in [-0.25, -0.2) is 0 Å². The van der Waals surface area contributed by atoms with Gasteiger partial charge in [0.15, 0.2) is 0 Å². The van der Waals surface area contributed by atoms with Crippen molar-refractivity contribution in [1.29, 1.82) is 5.26 Å². The fourth-order valence-corrected chi connectivity index (χ4v) is 8.85. The van der Waals surface area contributed by atoms with Gasteiger partial charge in [-0.1, -0.05) is 60.2 Å². The van der Waals surface area contributed by atoms with Crippen LogP contribution >= 0.6 is 0 Å². The topological polar surface area (TPSA) is 59.9 Å². The molecule has 55 heavy (non-hydrogen) atoms. The maximum absolute atomic E-state index is 9.67. The third-order valence-electron chi connectivity index (χ3n) is 11.4. The smallest absolute Gasteiger partial charge is 0.135 e. The number of para-hydroxylation sites is 2. The number of hydrogen-bond donors (Lipinski definition) is 0. The number of aryl methyl sites for hydroxylation is 1. The first-order valence-electron chi connectivity index (χ1n) is 18.5. The summed E-state index contributed by atoms with van der Waals surface area (Å²) in [5.74, 6) is 0. The number of fused-ring (bicyclic) bond motifs is 12.